The van der Waals surface area contributed by atoms with Gasteiger partial charge in [-0.3, -0.25) is 0 Å². The minimum absolute atomic E-state index is 0.352. The van der Waals surface area contributed by atoms with E-state index in [1.165, 1.54) is 0 Å². The van der Waals surface area contributed by atoms with Gasteiger partial charge in [-0.05, 0) is 0 Å². The van der Waals surface area contributed by atoms with Crippen molar-refractivity contribution in [1.82, 2.24) is 0 Å². The standard InChI is InChI=1S/C3H3Cl3Ge/c1-2-3-7(4,5)6/h1H,3H2. The van der Waals surface area contributed by atoms with Gasteiger partial charge in [0.1, 0.15) is 0 Å². The van der Waals surface area contributed by atoms with Gasteiger partial charge in [-0.2, -0.15) is 0 Å². The first-order valence-corrected chi connectivity index (χ1v) is 11.3. The van der Waals surface area contributed by atoms with Gasteiger partial charge in [0.05, 0.1) is 0 Å². The van der Waals surface area contributed by atoms with Crippen LogP contribution in [-0.2, 0) is 0 Å². The second-order valence-electron chi connectivity index (χ2n) is 0.996. The van der Waals surface area contributed by atoms with E-state index in [4.69, 9.17) is 36.5 Å². The maximum atomic E-state index is 5.41. The molecule has 40 valence electrons. The Morgan fingerprint density at radius 2 is 1.86 bits per heavy atom. The predicted octanol–water partition coefficient (Wildman–Crippen LogP) is 2.27. The van der Waals surface area contributed by atoms with Crippen molar-refractivity contribution < 1.29 is 0 Å². The SMILES string of the molecule is C#C[CH2][Ge]([Cl])([Cl])[Cl]. The number of halogens is 3. The Balaban J connectivity index is 3.40. The fourth-order valence-electron chi connectivity index (χ4n) is 0.116. The maximum absolute atomic E-state index is 5.41. The van der Waals surface area contributed by atoms with E-state index in [-0.39, 0.29) is 0 Å². The Morgan fingerprint density at radius 3 is 1.86 bits per heavy atom. The first-order chi connectivity index (χ1) is 3.06. The van der Waals surface area contributed by atoms with Gasteiger partial charge in [0.15, 0.2) is 0 Å². The van der Waals surface area contributed by atoms with Crippen LogP contribution < -0.4 is 0 Å². The van der Waals surface area contributed by atoms with Crippen molar-refractivity contribution in [3.63, 3.8) is 0 Å². The molecule has 0 fully saturated rings. The van der Waals surface area contributed by atoms with E-state index in [0.717, 1.165) is 0 Å². The van der Waals surface area contributed by atoms with E-state index in [0.29, 0.717) is 5.25 Å². The van der Waals surface area contributed by atoms with Crippen molar-refractivity contribution in [2.24, 2.45) is 0 Å². The predicted molar refractivity (Wildman–Crippen MR) is 37.0 cm³/mol. The van der Waals surface area contributed by atoms with Crippen LogP contribution in [0.2, 0.25) is 5.25 Å². The summed E-state index contributed by atoms with van der Waals surface area (Å²) in [7, 11) is 13.3. The Hall–Kier alpha value is 0.973. The van der Waals surface area contributed by atoms with Gasteiger partial charge < -0.3 is 0 Å². The summed E-state index contributed by atoms with van der Waals surface area (Å²) in [6.45, 7) is 0. The third kappa shape index (κ3) is 6.97. The summed E-state index contributed by atoms with van der Waals surface area (Å²) in [6.07, 6.45) is 4.86. The van der Waals surface area contributed by atoms with Crippen molar-refractivity contribution in [2.75, 3.05) is 0 Å². The molecule has 0 aliphatic heterocycles. The molecule has 0 amide bonds. The van der Waals surface area contributed by atoms with Crippen molar-refractivity contribution in [1.29, 1.82) is 0 Å². The Bertz CT molecular complexity index is 87.3. The van der Waals surface area contributed by atoms with Crippen LogP contribution in [0.1, 0.15) is 0 Å². The molecule has 0 bridgehead atoms. The molecule has 0 rings (SSSR count). The zero-order valence-electron chi connectivity index (χ0n) is 3.42. The number of hydrogen-bond donors (Lipinski definition) is 0. The third-order valence-corrected chi connectivity index (χ3v) is 3.65. The molecule has 0 atom stereocenters. The van der Waals surface area contributed by atoms with Gasteiger partial charge in [-0.1, -0.05) is 0 Å². The molecule has 0 saturated heterocycles. The molecular formula is C3H3Cl3Ge. The summed E-state index contributed by atoms with van der Waals surface area (Å²) < 4.78 is 0. The van der Waals surface area contributed by atoms with Gasteiger partial charge in [0.25, 0.3) is 0 Å². The number of terminal acetylenes is 1. The number of rotatable bonds is 1. The van der Waals surface area contributed by atoms with E-state index in [9.17, 15) is 0 Å². The third-order valence-electron chi connectivity index (χ3n) is 0.303. The molecule has 0 radical (unpaired) electrons. The molecule has 0 unspecified atom stereocenters. The van der Waals surface area contributed by atoms with Crippen LogP contribution in [-0.4, -0.2) is 10.5 Å². The zero-order valence-corrected chi connectivity index (χ0v) is 7.78. The Kier molecular flexibility index (Phi) is 3.52. The first-order valence-electron chi connectivity index (χ1n) is 1.56. The van der Waals surface area contributed by atoms with E-state index >= 15 is 0 Å². The Labute approximate surface area is 58.0 Å². The van der Waals surface area contributed by atoms with E-state index in [1.54, 1.807) is 0 Å². The van der Waals surface area contributed by atoms with Crippen LogP contribution in [0.5, 0.6) is 0 Å². The molecule has 0 aromatic heterocycles. The van der Waals surface area contributed by atoms with Gasteiger partial charge >= 0.3 is 58.1 Å². The van der Waals surface area contributed by atoms with Crippen LogP contribution in [0.25, 0.3) is 0 Å². The van der Waals surface area contributed by atoms with E-state index < -0.39 is 10.5 Å². The van der Waals surface area contributed by atoms with Crippen LogP contribution in [0.3, 0.4) is 0 Å². The van der Waals surface area contributed by atoms with Crippen molar-refractivity contribution in [2.45, 2.75) is 5.25 Å². The second kappa shape index (κ2) is 3.09. The second-order valence-corrected chi connectivity index (χ2v) is 17.4. The van der Waals surface area contributed by atoms with Gasteiger partial charge in [0.2, 0.25) is 0 Å². The normalized spacial score (nSPS) is 10.6. The fraction of sp³-hybridized carbons (Fsp3) is 0.333. The summed E-state index contributed by atoms with van der Waals surface area (Å²) in [6, 6.07) is 0. The van der Waals surface area contributed by atoms with Crippen molar-refractivity contribution >= 4 is 40.5 Å². The van der Waals surface area contributed by atoms with E-state index in [1.807, 2.05) is 0 Å². The number of hydrogen-bond acceptors (Lipinski definition) is 0. The zero-order chi connectivity index (χ0) is 5.91. The Morgan fingerprint density at radius 1 is 1.43 bits per heavy atom. The summed E-state index contributed by atoms with van der Waals surface area (Å²) in [5.74, 6) is 2.30. The summed E-state index contributed by atoms with van der Waals surface area (Å²) >= 11 is 0. The monoisotopic (exact) mass is 218 g/mol. The average molecular weight is 218 g/mol. The molecule has 0 nitrogen and oxygen atoms in total. The molecule has 0 heterocycles. The molecule has 0 saturated carbocycles. The molecular weight excluding hydrogens is 215 g/mol. The quantitative estimate of drug-likeness (QED) is 0.467. The van der Waals surface area contributed by atoms with Crippen LogP contribution in [0, 0.1) is 12.3 Å². The fourth-order valence-corrected chi connectivity index (χ4v) is 1.80. The first kappa shape index (κ1) is 7.97. The van der Waals surface area contributed by atoms with E-state index in [2.05, 4.69) is 5.92 Å². The molecule has 0 aromatic carbocycles. The molecule has 0 N–H and O–H groups in total. The molecule has 4 heteroatoms. The van der Waals surface area contributed by atoms with Crippen molar-refractivity contribution in [3.8, 4) is 12.3 Å². The minimum atomic E-state index is -2.90. The summed E-state index contributed by atoms with van der Waals surface area (Å²) in [5, 5.41) is 0.352. The van der Waals surface area contributed by atoms with Gasteiger partial charge in [-0.15, -0.1) is 0 Å². The summed E-state index contributed by atoms with van der Waals surface area (Å²) in [5.41, 5.74) is 0. The molecule has 0 spiro atoms. The van der Waals surface area contributed by atoms with Crippen molar-refractivity contribution in [3.05, 3.63) is 0 Å². The molecule has 0 aliphatic rings. The van der Waals surface area contributed by atoms with Crippen LogP contribution >= 0.6 is 30.0 Å². The molecule has 7 heavy (non-hydrogen) atoms. The molecule has 0 aromatic rings. The summed E-state index contributed by atoms with van der Waals surface area (Å²) in [4.78, 5) is 0. The van der Waals surface area contributed by atoms with Gasteiger partial charge in [-0.25, -0.2) is 0 Å². The topological polar surface area (TPSA) is 0 Å². The van der Waals surface area contributed by atoms with Crippen LogP contribution in [0.4, 0.5) is 0 Å². The van der Waals surface area contributed by atoms with Gasteiger partial charge in [0, 0.05) is 0 Å². The average Bonchev–Trinajstić information content (AvgIpc) is 1.30. The van der Waals surface area contributed by atoms with Crippen LogP contribution in [0.15, 0.2) is 0 Å². The molecule has 0 aliphatic carbocycles.